The molecule has 0 aliphatic rings. The predicted octanol–water partition coefficient (Wildman–Crippen LogP) is 2.78. The number of aryl methyl sites for hydroxylation is 1. The largest absolute Gasteiger partial charge is 0.400 e. The van der Waals surface area contributed by atoms with Crippen molar-refractivity contribution < 1.29 is 8.85 Å². The molecule has 0 radical (unpaired) electrons. The Kier molecular flexibility index (Phi) is 6.07. The summed E-state index contributed by atoms with van der Waals surface area (Å²) in [5.41, 5.74) is 2.54. The molecule has 0 aliphatic heterocycles. The van der Waals surface area contributed by atoms with Gasteiger partial charge >= 0.3 is 9.28 Å². The molecule has 0 saturated heterocycles. The zero-order valence-corrected chi connectivity index (χ0v) is 11.3. The fourth-order valence-corrected chi connectivity index (χ4v) is 2.83. The van der Waals surface area contributed by atoms with Crippen molar-refractivity contribution in [1.82, 2.24) is 0 Å². The van der Waals surface area contributed by atoms with E-state index in [1.54, 1.807) is 14.2 Å². The van der Waals surface area contributed by atoms with Crippen molar-refractivity contribution in [2.24, 2.45) is 0 Å². The molecule has 0 amide bonds. The molecule has 0 aliphatic carbocycles. The van der Waals surface area contributed by atoms with E-state index in [-0.39, 0.29) is 0 Å². The van der Waals surface area contributed by atoms with E-state index in [1.807, 2.05) is 6.08 Å². The van der Waals surface area contributed by atoms with E-state index in [2.05, 4.69) is 30.8 Å². The standard InChI is InChI=1S/C13H20O2Si/c1-4-12-7-9-13(10-8-12)6-5-11-16(14-2)15-3/h4,7-10,16H,1,5-6,11H2,2-3H3. The summed E-state index contributed by atoms with van der Waals surface area (Å²) in [5.74, 6) is 0. The highest BCUT2D eigenvalue weighted by molar-refractivity contribution is 6.44. The maximum absolute atomic E-state index is 5.28. The summed E-state index contributed by atoms with van der Waals surface area (Å²) in [7, 11) is 2.11. The summed E-state index contributed by atoms with van der Waals surface area (Å²) < 4.78 is 10.6. The maximum atomic E-state index is 5.28. The molecular weight excluding hydrogens is 216 g/mol. The molecule has 0 unspecified atom stereocenters. The smallest absolute Gasteiger partial charge is 0.320 e. The third-order valence-corrected chi connectivity index (χ3v) is 4.58. The van der Waals surface area contributed by atoms with E-state index in [0.717, 1.165) is 18.9 Å². The number of rotatable bonds is 7. The zero-order valence-electron chi connectivity index (χ0n) is 10.1. The maximum Gasteiger partial charge on any atom is 0.320 e. The van der Waals surface area contributed by atoms with Crippen LogP contribution in [0.4, 0.5) is 0 Å². The van der Waals surface area contributed by atoms with Crippen LogP contribution in [0.3, 0.4) is 0 Å². The summed E-state index contributed by atoms with van der Waals surface area (Å²) >= 11 is 0. The Labute approximate surface area is 99.7 Å². The molecule has 0 N–H and O–H groups in total. The van der Waals surface area contributed by atoms with Crippen molar-refractivity contribution in [3.8, 4) is 0 Å². The molecule has 16 heavy (non-hydrogen) atoms. The Morgan fingerprint density at radius 3 is 2.31 bits per heavy atom. The Bertz CT molecular complexity index is 304. The van der Waals surface area contributed by atoms with Gasteiger partial charge in [0.15, 0.2) is 0 Å². The molecule has 1 aromatic rings. The van der Waals surface area contributed by atoms with Gasteiger partial charge in [-0.15, -0.1) is 0 Å². The molecule has 2 nitrogen and oxygen atoms in total. The first-order chi connectivity index (χ1) is 7.80. The molecule has 0 saturated carbocycles. The number of hydrogen-bond donors (Lipinski definition) is 0. The van der Waals surface area contributed by atoms with E-state index >= 15 is 0 Å². The van der Waals surface area contributed by atoms with Gasteiger partial charge in [-0.05, 0) is 30.0 Å². The monoisotopic (exact) mass is 236 g/mol. The third kappa shape index (κ3) is 4.31. The highest BCUT2D eigenvalue weighted by Crippen LogP contribution is 2.10. The lowest BCUT2D eigenvalue weighted by Crippen LogP contribution is -2.18. The molecule has 0 bridgehead atoms. The van der Waals surface area contributed by atoms with Crippen LogP contribution in [0, 0.1) is 0 Å². The zero-order chi connectivity index (χ0) is 11.8. The molecule has 1 aromatic carbocycles. The van der Waals surface area contributed by atoms with Gasteiger partial charge in [-0.3, -0.25) is 0 Å². The van der Waals surface area contributed by atoms with Gasteiger partial charge < -0.3 is 8.85 Å². The average Bonchev–Trinajstić information content (AvgIpc) is 2.35. The van der Waals surface area contributed by atoms with Crippen molar-refractivity contribution in [1.29, 1.82) is 0 Å². The van der Waals surface area contributed by atoms with Crippen molar-refractivity contribution in [2.75, 3.05) is 14.2 Å². The van der Waals surface area contributed by atoms with Gasteiger partial charge in [0, 0.05) is 14.2 Å². The normalized spacial score (nSPS) is 10.7. The minimum atomic E-state index is -1.37. The third-order valence-electron chi connectivity index (χ3n) is 2.65. The minimum Gasteiger partial charge on any atom is -0.400 e. The number of benzene rings is 1. The second kappa shape index (κ2) is 7.38. The Balaban J connectivity index is 2.34. The number of hydrogen-bond acceptors (Lipinski definition) is 2. The van der Waals surface area contributed by atoms with Crippen LogP contribution in [0.5, 0.6) is 0 Å². The second-order valence-electron chi connectivity index (χ2n) is 3.74. The molecule has 0 aromatic heterocycles. The Morgan fingerprint density at radius 1 is 1.19 bits per heavy atom. The summed E-state index contributed by atoms with van der Waals surface area (Å²) in [5, 5.41) is 0. The summed E-state index contributed by atoms with van der Waals surface area (Å²) in [6.45, 7) is 3.74. The van der Waals surface area contributed by atoms with Gasteiger partial charge in [-0.25, -0.2) is 0 Å². The van der Waals surface area contributed by atoms with E-state index in [9.17, 15) is 0 Å². The van der Waals surface area contributed by atoms with E-state index in [0.29, 0.717) is 0 Å². The predicted molar refractivity (Wildman–Crippen MR) is 70.8 cm³/mol. The SMILES string of the molecule is C=Cc1ccc(CCC[SiH](OC)OC)cc1. The Morgan fingerprint density at radius 2 is 1.81 bits per heavy atom. The van der Waals surface area contributed by atoms with E-state index < -0.39 is 9.28 Å². The van der Waals surface area contributed by atoms with Gasteiger partial charge in [0.1, 0.15) is 0 Å². The quantitative estimate of drug-likeness (QED) is 0.678. The van der Waals surface area contributed by atoms with E-state index in [4.69, 9.17) is 8.85 Å². The van der Waals surface area contributed by atoms with Crippen LogP contribution in [-0.4, -0.2) is 23.5 Å². The van der Waals surface area contributed by atoms with Crippen molar-refractivity contribution in [2.45, 2.75) is 18.9 Å². The fourth-order valence-electron chi connectivity index (χ4n) is 1.63. The molecule has 88 valence electrons. The van der Waals surface area contributed by atoms with E-state index in [1.165, 1.54) is 11.1 Å². The second-order valence-corrected chi connectivity index (χ2v) is 6.12. The fraction of sp³-hybridized carbons (Fsp3) is 0.385. The minimum absolute atomic E-state index is 1.07. The van der Waals surface area contributed by atoms with Crippen LogP contribution in [0.2, 0.25) is 6.04 Å². The summed E-state index contributed by atoms with van der Waals surface area (Å²) in [6.07, 6.45) is 4.09. The lowest BCUT2D eigenvalue weighted by Gasteiger charge is -2.10. The van der Waals surface area contributed by atoms with Gasteiger partial charge in [0.2, 0.25) is 0 Å². The molecule has 0 spiro atoms. The van der Waals surface area contributed by atoms with Crippen LogP contribution in [0.25, 0.3) is 6.08 Å². The first-order valence-corrected chi connectivity index (χ1v) is 7.33. The van der Waals surface area contributed by atoms with Crippen LogP contribution in [0.1, 0.15) is 17.5 Å². The lowest BCUT2D eigenvalue weighted by atomic mass is 10.1. The summed E-state index contributed by atoms with van der Waals surface area (Å²) in [6, 6.07) is 9.59. The topological polar surface area (TPSA) is 18.5 Å². The van der Waals surface area contributed by atoms with Crippen molar-refractivity contribution >= 4 is 15.4 Å². The van der Waals surface area contributed by atoms with Gasteiger partial charge in [-0.1, -0.05) is 36.9 Å². The van der Waals surface area contributed by atoms with Gasteiger partial charge in [-0.2, -0.15) is 0 Å². The molecular formula is C13H20O2Si. The molecule has 3 heteroatoms. The van der Waals surface area contributed by atoms with Crippen molar-refractivity contribution in [3.63, 3.8) is 0 Å². The molecule has 0 fully saturated rings. The van der Waals surface area contributed by atoms with Crippen LogP contribution in [-0.2, 0) is 15.3 Å². The van der Waals surface area contributed by atoms with Crippen molar-refractivity contribution in [3.05, 3.63) is 42.0 Å². The van der Waals surface area contributed by atoms with Crippen LogP contribution < -0.4 is 0 Å². The summed E-state index contributed by atoms with van der Waals surface area (Å²) in [4.78, 5) is 0. The van der Waals surface area contributed by atoms with Crippen LogP contribution >= 0.6 is 0 Å². The molecule has 1 rings (SSSR count). The van der Waals surface area contributed by atoms with Gasteiger partial charge in [0.05, 0.1) is 0 Å². The highest BCUT2D eigenvalue weighted by Gasteiger charge is 2.08. The van der Waals surface area contributed by atoms with Crippen LogP contribution in [0.15, 0.2) is 30.8 Å². The Hall–Kier alpha value is -0.903. The first-order valence-electron chi connectivity index (χ1n) is 5.57. The first kappa shape index (κ1) is 13.2. The van der Waals surface area contributed by atoms with Gasteiger partial charge in [0.25, 0.3) is 0 Å². The highest BCUT2D eigenvalue weighted by atomic mass is 28.3. The molecule has 0 heterocycles. The molecule has 0 atom stereocenters. The average molecular weight is 236 g/mol. The lowest BCUT2D eigenvalue weighted by molar-refractivity contribution is 0.276.